The van der Waals surface area contributed by atoms with E-state index in [1.165, 1.54) is 5.69 Å². The van der Waals surface area contributed by atoms with Crippen molar-refractivity contribution in [3.8, 4) is 6.07 Å². The van der Waals surface area contributed by atoms with Crippen molar-refractivity contribution in [2.45, 2.75) is 0 Å². The fraction of sp³-hybridized carbons (Fsp3) is 0.211. The first-order valence-corrected chi connectivity index (χ1v) is 7.95. The molecule has 0 saturated carbocycles. The van der Waals surface area contributed by atoms with Crippen molar-refractivity contribution in [3.05, 3.63) is 64.7 Å². The van der Waals surface area contributed by atoms with Gasteiger partial charge in [0.15, 0.2) is 0 Å². The van der Waals surface area contributed by atoms with E-state index in [1.54, 1.807) is 6.07 Å². The highest BCUT2D eigenvalue weighted by atomic mass is 35.5. The maximum Gasteiger partial charge on any atom is 0.0998 e. The Hall–Kier alpha value is -2.28. The summed E-state index contributed by atoms with van der Waals surface area (Å²) in [6, 6.07) is 17.9. The number of rotatable bonds is 3. The summed E-state index contributed by atoms with van der Waals surface area (Å²) in [6.45, 7) is 3.37. The van der Waals surface area contributed by atoms with Gasteiger partial charge in [-0.3, -0.25) is 0 Å². The molecule has 1 saturated heterocycles. The molecule has 0 atom stereocenters. The van der Waals surface area contributed by atoms with Gasteiger partial charge in [-0.2, -0.15) is 5.26 Å². The Morgan fingerprint density at radius 3 is 2.43 bits per heavy atom. The van der Waals surface area contributed by atoms with Gasteiger partial charge >= 0.3 is 0 Å². The van der Waals surface area contributed by atoms with Gasteiger partial charge in [-0.05, 0) is 29.8 Å². The number of hydrogen-bond acceptors (Lipinski definition) is 3. The maximum atomic E-state index is 9.42. The Bertz CT molecular complexity index is 741. The van der Waals surface area contributed by atoms with Crippen LogP contribution in [0.4, 0.5) is 5.69 Å². The van der Waals surface area contributed by atoms with Crippen molar-refractivity contribution >= 4 is 28.9 Å². The van der Waals surface area contributed by atoms with Crippen molar-refractivity contribution in [2.24, 2.45) is 0 Å². The van der Waals surface area contributed by atoms with Gasteiger partial charge in [-0.25, -0.2) is 0 Å². The highest BCUT2D eigenvalue weighted by molar-refractivity contribution is 6.32. The molecule has 4 heteroatoms. The zero-order valence-corrected chi connectivity index (χ0v) is 13.5. The summed E-state index contributed by atoms with van der Waals surface area (Å²) in [5, 5.41) is 10.0. The zero-order chi connectivity index (χ0) is 16.1. The van der Waals surface area contributed by atoms with Crippen molar-refractivity contribution < 1.29 is 4.74 Å². The molecule has 0 spiro atoms. The van der Waals surface area contributed by atoms with Crippen LogP contribution in [0.5, 0.6) is 0 Å². The number of anilines is 1. The summed E-state index contributed by atoms with van der Waals surface area (Å²) in [6.07, 6.45) is 1.87. The lowest BCUT2D eigenvalue weighted by Crippen LogP contribution is -2.36. The van der Waals surface area contributed by atoms with Crippen molar-refractivity contribution in [3.63, 3.8) is 0 Å². The van der Waals surface area contributed by atoms with Crippen molar-refractivity contribution in [2.75, 3.05) is 31.2 Å². The van der Waals surface area contributed by atoms with Gasteiger partial charge in [0.1, 0.15) is 0 Å². The molecule has 0 N–H and O–H groups in total. The molecule has 1 aliphatic heterocycles. The number of allylic oxidation sites excluding steroid dienone is 1. The Morgan fingerprint density at radius 1 is 1.09 bits per heavy atom. The molecule has 3 nitrogen and oxygen atoms in total. The third-order valence-corrected chi connectivity index (χ3v) is 4.19. The Kier molecular flexibility index (Phi) is 4.97. The van der Waals surface area contributed by atoms with Crippen LogP contribution in [0.25, 0.3) is 11.6 Å². The van der Waals surface area contributed by atoms with Crippen LogP contribution in [0.3, 0.4) is 0 Å². The van der Waals surface area contributed by atoms with Crippen LogP contribution in [-0.4, -0.2) is 26.3 Å². The van der Waals surface area contributed by atoms with E-state index >= 15 is 0 Å². The van der Waals surface area contributed by atoms with Crippen LogP contribution >= 0.6 is 11.6 Å². The minimum absolute atomic E-state index is 0.565. The monoisotopic (exact) mass is 324 g/mol. The zero-order valence-electron chi connectivity index (χ0n) is 12.7. The number of morpholine rings is 1. The summed E-state index contributed by atoms with van der Waals surface area (Å²) >= 11 is 6.18. The average molecular weight is 325 g/mol. The van der Waals surface area contributed by atoms with Crippen LogP contribution in [0.15, 0.2) is 48.5 Å². The molecule has 116 valence electrons. The number of benzene rings is 2. The fourth-order valence-corrected chi connectivity index (χ4v) is 2.86. The molecule has 1 fully saturated rings. The first-order chi connectivity index (χ1) is 11.3. The van der Waals surface area contributed by atoms with Crippen LogP contribution in [0.2, 0.25) is 5.02 Å². The first-order valence-electron chi connectivity index (χ1n) is 7.57. The predicted molar refractivity (Wildman–Crippen MR) is 94.4 cm³/mol. The summed E-state index contributed by atoms with van der Waals surface area (Å²) in [7, 11) is 0. The molecule has 2 aromatic rings. The molecule has 23 heavy (non-hydrogen) atoms. The standard InChI is InChI=1S/C19H17ClN2O/c20-19-4-2-1-3-18(19)16(14-21)13-15-5-7-17(8-6-15)22-9-11-23-12-10-22/h1-8,13H,9-12H2. The second kappa shape index (κ2) is 7.32. The third kappa shape index (κ3) is 3.73. The van der Waals surface area contributed by atoms with E-state index in [2.05, 4.69) is 23.1 Å². The minimum Gasteiger partial charge on any atom is -0.378 e. The first kappa shape index (κ1) is 15.6. The summed E-state index contributed by atoms with van der Waals surface area (Å²) in [5.74, 6) is 0. The molecular formula is C19H17ClN2O. The van der Waals surface area contributed by atoms with Gasteiger partial charge in [0.2, 0.25) is 0 Å². The number of nitrogens with zero attached hydrogens (tertiary/aromatic N) is 2. The summed E-state index contributed by atoms with van der Waals surface area (Å²) in [4.78, 5) is 2.30. The quantitative estimate of drug-likeness (QED) is 0.626. The molecule has 0 amide bonds. The van der Waals surface area contributed by atoms with Crippen LogP contribution in [-0.2, 0) is 4.74 Å². The van der Waals surface area contributed by atoms with Gasteiger partial charge in [0.05, 0.1) is 24.9 Å². The summed E-state index contributed by atoms with van der Waals surface area (Å²) < 4.78 is 5.37. The molecule has 1 heterocycles. The molecule has 2 aromatic carbocycles. The Labute approximate surface area is 141 Å². The SMILES string of the molecule is N#CC(=Cc1ccc(N2CCOCC2)cc1)c1ccccc1Cl. The van der Waals surface area contributed by atoms with Crippen LogP contribution in [0.1, 0.15) is 11.1 Å². The Balaban J connectivity index is 1.84. The highest BCUT2D eigenvalue weighted by Crippen LogP contribution is 2.26. The van der Waals surface area contributed by atoms with Gasteiger partial charge < -0.3 is 9.64 Å². The van der Waals surface area contributed by atoms with E-state index in [0.717, 1.165) is 37.4 Å². The van der Waals surface area contributed by atoms with Crippen LogP contribution < -0.4 is 4.90 Å². The van der Waals surface area contributed by atoms with E-state index in [1.807, 2.05) is 36.4 Å². The van der Waals surface area contributed by atoms with E-state index < -0.39 is 0 Å². The number of halogens is 1. The molecule has 1 aliphatic rings. The molecule has 0 aliphatic carbocycles. The number of hydrogen-bond donors (Lipinski definition) is 0. The predicted octanol–water partition coefficient (Wildman–Crippen LogP) is 4.24. The molecule has 3 rings (SSSR count). The molecule has 0 bridgehead atoms. The lowest BCUT2D eigenvalue weighted by molar-refractivity contribution is 0.122. The summed E-state index contributed by atoms with van der Waals surface area (Å²) in [5.41, 5.74) is 3.49. The van der Waals surface area contributed by atoms with Crippen molar-refractivity contribution in [1.29, 1.82) is 5.26 Å². The van der Waals surface area contributed by atoms with Gasteiger partial charge in [-0.15, -0.1) is 0 Å². The van der Waals surface area contributed by atoms with Crippen LogP contribution in [0, 0.1) is 11.3 Å². The highest BCUT2D eigenvalue weighted by Gasteiger charge is 2.11. The normalized spacial score (nSPS) is 15.3. The minimum atomic E-state index is 0.565. The Morgan fingerprint density at radius 2 is 1.78 bits per heavy atom. The second-order valence-electron chi connectivity index (χ2n) is 5.34. The van der Waals surface area contributed by atoms with Gasteiger partial charge in [-0.1, -0.05) is 41.9 Å². The molecule has 0 radical (unpaired) electrons. The van der Waals surface area contributed by atoms with E-state index in [4.69, 9.17) is 16.3 Å². The van der Waals surface area contributed by atoms with E-state index in [9.17, 15) is 5.26 Å². The van der Waals surface area contributed by atoms with Gasteiger partial charge in [0, 0.05) is 29.4 Å². The van der Waals surface area contributed by atoms with Crippen molar-refractivity contribution in [1.82, 2.24) is 0 Å². The second-order valence-corrected chi connectivity index (χ2v) is 5.75. The molecule has 0 aromatic heterocycles. The molecular weight excluding hydrogens is 308 g/mol. The topological polar surface area (TPSA) is 36.3 Å². The third-order valence-electron chi connectivity index (χ3n) is 3.86. The molecule has 0 unspecified atom stereocenters. The lowest BCUT2D eigenvalue weighted by Gasteiger charge is -2.28. The van der Waals surface area contributed by atoms with E-state index in [0.29, 0.717) is 10.6 Å². The number of ether oxygens (including phenoxy) is 1. The fourth-order valence-electron chi connectivity index (χ4n) is 2.62. The largest absolute Gasteiger partial charge is 0.378 e. The van der Waals surface area contributed by atoms with E-state index in [-0.39, 0.29) is 0 Å². The smallest absolute Gasteiger partial charge is 0.0998 e. The average Bonchev–Trinajstić information content (AvgIpc) is 2.62. The lowest BCUT2D eigenvalue weighted by atomic mass is 10.0. The number of nitriles is 1. The van der Waals surface area contributed by atoms with Gasteiger partial charge in [0.25, 0.3) is 0 Å². The maximum absolute atomic E-state index is 9.42.